The van der Waals surface area contributed by atoms with Gasteiger partial charge in [-0.2, -0.15) is 10.0 Å². The molecule has 3 rings (SSSR count). The Hall–Kier alpha value is -3.15. The maximum absolute atomic E-state index is 14.8. The number of nitroso groups, excluding NO2 is 2. The molecule has 14 heteroatoms. The smallest absolute Gasteiger partial charge is 0.255 e. The number of hydrogen-bond donors (Lipinski definition) is 0. The number of carbonyl (C=O) groups excluding carboxylic acids is 2. The first kappa shape index (κ1) is 43.3. The fraction of sp³-hybridized carbons (Fsp3) is 0.632. The predicted octanol–water partition coefficient (Wildman–Crippen LogP) is 8.94. The minimum atomic E-state index is -2.35. The Balaban J connectivity index is 2.10. The van der Waals surface area contributed by atoms with E-state index >= 15 is 0 Å². The second-order valence-electron chi connectivity index (χ2n) is 16.5. The van der Waals surface area contributed by atoms with Gasteiger partial charge in [0.15, 0.2) is 22.4 Å². The Morgan fingerprint density at radius 2 is 1.08 bits per heavy atom. The monoisotopic (exact) mass is 756 g/mol. The highest BCUT2D eigenvalue weighted by molar-refractivity contribution is 6.74. The largest absolute Gasteiger partial charge is 0.414 e. The van der Waals surface area contributed by atoms with Crippen molar-refractivity contribution in [1.29, 1.82) is 0 Å². The zero-order valence-electron chi connectivity index (χ0n) is 33.2. The van der Waals surface area contributed by atoms with Crippen LogP contribution in [-0.2, 0) is 27.9 Å². The predicted molar refractivity (Wildman–Crippen MR) is 208 cm³/mol. The summed E-state index contributed by atoms with van der Waals surface area (Å²) >= 11 is 0. The van der Waals surface area contributed by atoms with E-state index in [0.717, 1.165) is 10.0 Å². The third-order valence-electron chi connectivity index (χ3n) is 11.1. The molecular weight excluding hydrogens is 697 g/mol. The highest BCUT2D eigenvalue weighted by atomic mass is 28.4. The molecule has 288 valence electrons. The van der Waals surface area contributed by atoms with E-state index in [9.17, 15) is 19.4 Å². The van der Waals surface area contributed by atoms with Crippen LogP contribution >= 0.6 is 0 Å². The maximum atomic E-state index is 14.8. The Kier molecular flexibility index (Phi) is 14.4. The Bertz CT molecular complexity index is 1490. The molecule has 0 aromatic heterocycles. The molecule has 0 aliphatic heterocycles. The summed E-state index contributed by atoms with van der Waals surface area (Å²) in [5, 5.41) is 7.98. The van der Waals surface area contributed by atoms with Crippen molar-refractivity contribution < 1.29 is 27.9 Å². The molecule has 1 aliphatic rings. The first-order valence-corrected chi connectivity index (χ1v) is 24.0. The van der Waals surface area contributed by atoms with Crippen LogP contribution in [-0.4, -0.2) is 70.7 Å². The van der Waals surface area contributed by atoms with Crippen molar-refractivity contribution in [1.82, 2.24) is 10.0 Å². The fourth-order valence-corrected chi connectivity index (χ4v) is 7.92. The van der Waals surface area contributed by atoms with Crippen LogP contribution in [0.4, 0.5) is 0 Å². The van der Waals surface area contributed by atoms with E-state index in [-0.39, 0.29) is 42.9 Å². The second kappa shape index (κ2) is 17.3. The average Bonchev–Trinajstić information content (AvgIpc) is 3.06. The molecule has 52 heavy (non-hydrogen) atoms. The number of rotatable bonds is 18. The van der Waals surface area contributed by atoms with Crippen LogP contribution < -0.4 is 0 Å². The van der Waals surface area contributed by atoms with Gasteiger partial charge >= 0.3 is 0 Å². The van der Waals surface area contributed by atoms with E-state index in [1.807, 2.05) is 48.5 Å². The lowest BCUT2D eigenvalue weighted by atomic mass is 9.66. The Morgan fingerprint density at radius 1 is 0.712 bits per heavy atom. The first-order chi connectivity index (χ1) is 24.2. The summed E-state index contributed by atoms with van der Waals surface area (Å²) in [6.45, 7) is 24.9. The maximum Gasteiger partial charge on any atom is 0.255 e. The number of ether oxygens (including phenoxy) is 2. The van der Waals surface area contributed by atoms with Crippen LogP contribution in [0.2, 0.25) is 36.3 Å². The van der Waals surface area contributed by atoms with E-state index in [2.05, 4.69) is 78.3 Å². The van der Waals surface area contributed by atoms with E-state index in [1.165, 1.54) is 0 Å². The van der Waals surface area contributed by atoms with Crippen molar-refractivity contribution in [3.8, 4) is 0 Å². The van der Waals surface area contributed by atoms with E-state index in [1.54, 1.807) is 26.0 Å². The number of benzene rings is 2. The molecule has 0 spiro atoms. The van der Waals surface area contributed by atoms with E-state index in [0.29, 0.717) is 11.1 Å². The van der Waals surface area contributed by atoms with Crippen LogP contribution in [0.1, 0.15) is 85.0 Å². The van der Waals surface area contributed by atoms with Gasteiger partial charge in [0.1, 0.15) is 18.0 Å². The normalized spacial score (nSPS) is 18.8. The van der Waals surface area contributed by atoms with Crippen molar-refractivity contribution >= 4 is 28.4 Å². The number of carbonyl (C=O) groups is 2. The van der Waals surface area contributed by atoms with Gasteiger partial charge in [-0.25, -0.2) is 0 Å². The van der Waals surface area contributed by atoms with Crippen LogP contribution in [0.3, 0.4) is 0 Å². The molecule has 0 saturated heterocycles. The van der Waals surface area contributed by atoms with Crippen molar-refractivity contribution in [2.75, 3.05) is 26.4 Å². The second-order valence-corrected chi connectivity index (χ2v) is 26.1. The summed E-state index contributed by atoms with van der Waals surface area (Å²) in [5.74, 6) is -5.45. The van der Waals surface area contributed by atoms with Gasteiger partial charge in [0.2, 0.25) is 5.91 Å². The molecule has 2 aromatic carbocycles. The van der Waals surface area contributed by atoms with Gasteiger partial charge in [-0.3, -0.25) is 9.59 Å². The molecule has 2 amide bonds. The minimum Gasteiger partial charge on any atom is -0.414 e. The van der Waals surface area contributed by atoms with Gasteiger partial charge in [0, 0.05) is 19.6 Å². The summed E-state index contributed by atoms with van der Waals surface area (Å²) in [6, 6.07) is 16.4. The van der Waals surface area contributed by atoms with Crippen LogP contribution in [0.25, 0.3) is 0 Å². The zero-order valence-corrected chi connectivity index (χ0v) is 35.2. The lowest BCUT2D eigenvalue weighted by molar-refractivity contribution is -0.319. The molecule has 0 N–H and O–H groups in total. The summed E-state index contributed by atoms with van der Waals surface area (Å²) < 4.78 is 25.3. The lowest BCUT2D eigenvalue weighted by Crippen LogP contribution is -2.66. The first-order valence-electron chi connectivity index (χ1n) is 18.2. The van der Waals surface area contributed by atoms with Crippen molar-refractivity contribution in [3.05, 3.63) is 81.6 Å². The van der Waals surface area contributed by atoms with E-state index < -0.39 is 58.2 Å². The third-order valence-corrected chi connectivity index (χ3v) is 20.1. The van der Waals surface area contributed by atoms with Crippen LogP contribution in [0.5, 0.6) is 0 Å². The molecule has 2 aromatic rings. The highest BCUT2D eigenvalue weighted by Gasteiger charge is 2.65. The lowest BCUT2D eigenvalue weighted by Gasteiger charge is -2.53. The van der Waals surface area contributed by atoms with Crippen LogP contribution in [0, 0.1) is 21.6 Å². The highest BCUT2D eigenvalue weighted by Crippen LogP contribution is 2.51. The summed E-state index contributed by atoms with van der Waals surface area (Å²) in [5.41, 5.74) is 1.29. The standard InChI is InChI=1S/C38H60N4O8Si2/c1-13-47-38(48-14-2)25-30(34(43)41(39-45)31(28-21-17-15-18-22-28)26-49-51(9,10)36(3,4)5)33(38)35(44)42(40-46)32(29-23-19-16-20-24-29)27-50-52(11,12)37(6,7)8/h15-24,30-33H,13-14,25-27H2,1-12H3/t30-,31?,32+,33-/m1/s1. The van der Waals surface area contributed by atoms with Gasteiger partial charge in [-0.15, -0.1) is 9.81 Å². The summed E-state index contributed by atoms with van der Waals surface area (Å²) in [7, 11) is -4.67. The number of amides is 2. The van der Waals surface area contributed by atoms with Crippen LogP contribution in [0.15, 0.2) is 71.2 Å². The SMILES string of the molecule is CCOC1(OCC)C[C@@H](C(=O)N(N=O)C(CO[Si](C)(C)C(C)(C)C)c2ccccc2)[C@@H]1C(=O)N(N=O)[C@@H](CO[Si](C)(C)C(C)(C)C)c1ccccc1. The summed E-state index contributed by atoms with van der Waals surface area (Å²) in [6.07, 6.45) is -0.0380. The van der Waals surface area contributed by atoms with Gasteiger partial charge in [0.25, 0.3) is 5.91 Å². The molecule has 0 heterocycles. The molecule has 1 saturated carbocycles. The fourth-order valence-electron chi connectivity index (χ4n) is 5.90. The van der Waals surface area contributed by atoms with Gasteiger partial charge < -0.3 is 18.3 Å². The van der Waals surface area contributed by atoms with Gasteiger partial charge in [0.05, 0.1) is 29.7 Å². The summed E-state index contributed by atoms with van der Waals surface area (Å²) in [4.78, 5) is 55.0. The van der Waals surface area contributed by atoms with Crippen molar-refractivity contribution in [2.24, 2.45) is 22.4 Å². The quantitative estimate of drug-likeness (QED) is 0.0637. The molecule has 12 nitrogen and oxygen atoms in total. The Morgan fingerprint density at radius 3 is 1.40 bits per heavy atom. The average molecular weight is 757 g/mol. The molecule has 0 radical (unpaired) electrons. The molecule has 1 unspecified atom stereocenters. The van der Waals surface area contributed by atoms with E-state index in [4.69, 9.17) is 18.3 Å². The molecule has 1 aliphatic carbocycles. The Labute approximate surface area is 312 Å². The van der Waals surface area contributed by atoms with Gasteiger partial charge in [-0.1, -0.05) is 102 Å². The van der Waals surface area contributed by atoms with Gasteiger partial charge in [-0.05, 0) is 61.2 Å². The zero-order chi connectivity index (χ0) is 39.1. The number of hydrogen-bond acceptors (Lipinski definition) is 10. The molecule has 0 bridgehead atoms. The minimum absolute atomic E-state index is 0.00246. The topological polar surface area (TPSA) is 136 Å². The number of nitrogens with zero attached hydrogens (tertiary/aromatic N) is 4. The molecule has 1 fully saturated rings. The molecule has 4 atom stereocenters. The third kappa shape index (κ3) is 9.50. The van der Waals surface area contributed by atoms with Crippen molar-refractivity contribution in [2.45, 2.75) is 116 Å². The molecular formula is C38H60N4O8Si2. The van der Waals surface area contributed by atoms with Crippen molar-refractivity contribution in [3.63, 3.8) is 0 Å².